The first-order valence-corrected chi connectivity index (χ1v) is 12.2. The van der Waals surface area contributed by atoms with E-state index in [0.29, 0.717) is 43.1 Å². The van der Waals surface area contributed by atoms with Gasteiger partial charge < -0.3 is 10.1 Å². The Bertz CT molecular complexity index is 822. The minimum absolute atomic E-state index is 0.311. The first-order chi connectivity index (χ1) is 13.8. The predicted octanol–water partition coefficient (Wildman–Crippen LogP) is 2.89. The van der Waals surface area contributed by atoms with Gasteiger partial charge in [-0.3, -0.25) is 9.10 Å². The highest BCUT2D eigenvalue weighted by Gasteiger charge is 2.25. The number of benzene rings is 1. The lowest BCUT2D eigenvalue weighted by Gasteiger charge is -2.29. The van der Waals surface area contributed by atoms with Gasteiger partial charge in [0.1, 0.15) is 0 Å². The van der Waals surface area contributed by atoms with Crippen LogP contribution in [0.2, 0.25) is 0 Å². The number of esters is 1. The highest BCUT2D eigenvalue weighted by atomic mass is 32.2. The van der Waals surface area contributed by atoms with Crippen molar-refractivity contribution in [3.8, 4) is 0 Å². The molecular formula is C21H32N2O5S. The number of fused-ring (bicyclic) bond motifs is 1. The molecule has 0 aliphatic carbocycles. The molecule has 0 unspecified atom stereocenters. The topological polar surface area (TPSA) is 92.8 Å². The van der Waals surface area contributed by atoms with E-state index in [1.54, 1.807) is 18.2 Å². The Labute approximate surface area is 173 Å². The summed E-state index contributed by atoms with van der Waals surface area (Å²) >= 11 is 0. The van der Waals surface area contributed by atoms with E-state index in [2.05, 4.69) is 19.2 Å². The zero-order chi connectivity index (χ0) is 21.4. The molecule has 1 aromatic carbocycles. The van der Waals surface area contributed by atoms with E-state index in [1.807, 2.05) is 0 Å². The molecule has 1 aromatic rings. The van der Waals surface area contributed by atoms with Gasteiger partial charge in [-0.15, -0.1) is 0 Å². The average Bonchev–Trinajstić information content (AvgIpc) is 2.70. The maximum absolute atomic E-state index is 12.3. The van der Waals surface area contributed by atoms with E-state index < -0.39 is 16.0 Å². The third-order valence-corrected chi connectivity index (χ3v) is 6.44. The molecule has 0 aromatic heterocycles. The molecule has 1 N–H and O–H groups in total. The van der Waals surface area contributed by atoms with Gasteiger partial charge in [-0.2, -0.15) is 0 Å². The summed E-state index contributed by atoms with van der Waals surface area (Å²) in [6.07, 6.45) is 6.90. The summed E-state index contributed by atoms with van der Waals surface area (Å²) < 4.78 is 30.3. The van der Waals surface area contributed by atoms with Crippen LogP contribution < -0.4 is 9.62 Å². The van der Waals surface area contributed by atoms with Crippen molar-refractivity contribution in [2.45, 2.75) is 52.4 Å². The van der Waals surface area contributed by atoms with Crippen molar-refractivity contribution in [1.82, 2.24) is 5.32 Å². The van der Waals surface area contributed by atoms with Crippen molar-refractivity contribution < 1.29 is 22.7 Å². The molecular weight excluding hydrogens is 392 g/mol. The molecule has 0 saturated heterocycles. The second-order valence-corrected chi connectivity index (χ2v) is 9.49. The molecule has 0 spiro atoms. The van der Waals surface area contributed by atoms with Gasteiger partial charge in [0.05, 0.1) is 17.5 Å². The number of amides is 1. The molecule has 0 radical (unpaired) electrons. The van der Waals surface area contributed by atoms with E-state index in [1.165, 1.54) is 10.6 Å². The van der Waals surface area contributed by atoms with Crippen LogP contribution in [0.25, 0.3) is 0 Å². The lowest BCUT2D eigenvalue weighted by atomic mass is 9.99. The highest BCUT2D eigenvalue weighted by molar-refractivity contribution is 7.92. The number of rotatable bonds is 10. The van der Waals surface area contributed by atoms with Gasteiger partial charge in [0.15, 0.2) is 6.61 Å². The van der Waals surface area contributed by atoms with Crippen LogP contribution in [0.1, 0.15) is 61.9 Å². The molecule has 1 aliphatic rings. The third kappa shape index (κ3) is 6.73. The number of aryl methyl sites for hydroxylation is 1. The molecule has 29 heavy (non-hydrogen) atoms. The molecule has 1 aliphatic heterocycles. The Kier molecular flexibility index (Phi) is 8.49. The summed E-state index contributed by atoms with van der Waals surface area (Å²) in [5, 5.41) is 2.83. The van der Waals surface area contributed by atoms with E-state index in [4.69, 9.17) is 4.74 Å². The molecule has 2 rings (SSSR count). The summed E-state index contributed by atoms with van der Waals surface area (Å²) in [5.74, 6) is -0.458. The molecule has 1 heterocycles. The fourth-order valence-corrected chi connectivity index (χ4v) is 4.50. The third-order valence-electron chi connectivity index (χ3n) is 5.26. The number of hydrogen-bond donors (Lipinski definition) is 1. The summed E-state index contributed by atoms with van der Waals surface area (Å²) in [6, 6.07) is 4.83. The second-order valence-electron chi connectivity index (χ2n) is 7.58. The number of unbranched alkanes of at least 4 members (excludes halogenated alkanes) is 1. The van der Waals surface area contributed by atoms with Crippen LogP contribution in [0.5, 0.6) is 0 Å². The van der Waals surface area contributed by atoms with Crippen LogP contribution >= 0.6 is 0 Å². The maximum atomic E-state index is 12.3. The lowest BCUT2D eigenvalue weighted by molar-refractivity contribution is -0.124. The summed E-state index contributed by atoms with van der Waals surface area (Å²) in [5.41, 5.74) is 1.72. The van der Waals surface area contributed by atoms with Crippen molar-refractivity contribution >= 4 is 27.6 Å². The second kappa shape index (κ2) is 10.6. The number of carbonyl (C=O) groups is 2. The fraction of sp³-hybridized carbons (Fsp3) is 0.619. The smallest absolute Gasteiger partial charge is 0.338 e. The molecule has 8 heteroatoms. The highest BCUT2D eigenvalue weighted by Crippen LogP contribution is 2.30. The molecule has 1 atom stereocenters. The van der Waals surface area contributed by atoms with Crippen molar-refractivity contribution in [2.24, 2.45) is 5.92 Å². The Balaban J connectivity index is 1.90. The zero-order valence-electron chi connectivity index (χ0n) is 17.6. The van der Waals surface area contributed by atoms with Crippen molar-refractivity contribution in [1.29, 1.82) is 0 Å². The van der Waals surface area contributed by atoms with Crippen LogP contribution in [0.15, 0.2) is 18.2 Å². The van der Waals surface area contributed by atoms with Gasteiger partial charge >= 0.3 is 5.97 Å². The Hall–Kier alpha value is -2.09. The van der Waals surface area contributed by atoms with E-state index >= 15 is 0 Å². The Morgan fingerprint density at radius 3 is 2.69 bits per heavy atom. The largest absolute Gasteiger partial charge is 0.452 e. The number of anilines is 1. The molecule has 162 valence electrons. The van der Waals surface area contributed by atoms with Gasteiger partial charge in [0.2, 0.25) is 10.0 Å². The molecule has 0 saturated carbocycles. The minimum atomic E-state index is -3.35. The zero-order valence-corrected chi connectivity index (χ0v) is 18.4. The quantitative estimate of drug-likeness (QED) is 0.583. The molecule has 0 fully saturated rings. The monoisotopic (exact) mass is 424 g/mol. The minimum Gasteiger partial charge on any atom is -0.452 e. The number of nitrogens with zero attached hydrogens (tertiary/aromatic N) is 1. The van der Waals surface area contributed by atoms with Crippen LogP contribution in [0.4, 0.5) is 5.69 Å². The Morgan fingerprint density at radius 1 is 1.28 bits per heavy atom. The molecule has 0 bridgehead atoms. The van der Waals surface area contributed by atoms with E-state index in [0.717, 1.165) is 31.2 Å². The maximum Gasteiger partial charge on any atom is 0.338 e. The lowest BCUT2D eigenvalue weighted by Crippen LogP contribution is -2.34. The number of nitrogens with one attached hydrogen (secondary N) is 1. The SMILES string of the molecule is CCCC[C@@H](CC)CNC(=O)COC(=O)c1ccc2c(c1)CCCN2S(C)(=O)=O. The Morgan fingerprint density at radius 2 is 2.03 bits per heavy atom. The summed E-state index contributed by atoms with van der Waals surface area (Å²) in [4.78, 5) is 24.3. The van der Waals surface area contributed by atoms with E-state index in [9.17, 15) is 18.0 Å². The van der Waals surface area contributed by atoms with Gasteiger partial charge in [0, 0.05) is 13.1 Å². The van der Waals surface area contributed by atoms with Crippen LogP contribution in [0, 0.1) is 5.92 Å². The van der Waals surface area contributed by atoms with Crippen LogP contribution in [-0.2, 0) is 26.0 Å². The van der Waals surface area contributed by atoms with Crippen LogP contribution in [0.3, 0.4) is 0 Å². The van der Waals surface area contributed by atoms with Crippen molar-refractivity contribution in [3.05, 3.63) is 29.3 Å². The summed E-state index contributed by atoms with van der Waals surface area (Å²) in [7, 11) is -3.35. The van der Waals surface area contributed by atoms with Gasteiger partial charge in [0.25, 0.3) is 5.91 Å². The first kappa shape index (κ1) is 23.2. The van der Waals surface area contributed by atoms with Crippen LogP contribution in [-0.4, -0.2) is 46.2 Å². The standard InChI is InChI=1S/C21H32N2O5S/c1-4-6-8-16(5-2)14-22-20(24)15-28-21(25)18-10-11-19-17(13-18)9-7-12-23(19)29(3,26)27/h10-11,13,16H,4-9,12,14-15H2,1-3H3,(H,22,24)/t16-/m1/s1. The first-order valence-electron chi connectivity index (χ1n) is 10.3. The number of hydrogen-bond acceptors (Lipinski definition) is 5. The normalized spacial score (nSPS) is 14.8. The van der Waals surface area contributed by atoms with Crippen molar-refractivity contribution in [2.75, 3.05) is 30.3 Å². The van der Waals surface area contributed by atoms with Crippen molar-refractivity contribution in [3.63, 3.8) is 0 Å². The molecule has 1 amide bonds. The van der Waals surface area contributed by atoms with Gasteiger partial charge in [-0.05, 0) is 48.9 Å². The predicted molar refractivity (Wildman–Crippen MR) is 114 cm³/mol. The average molecular weight is 425 g/mol. The molecule has 7 nitrogen and oxygen atoms in total. The number of carbonyl (C=O) groups excluding carboxylic acids is 2. The summed E-state index contributed by atoms with van der Waals surface area (Å²) in [6.45, 7) is 4.95. The number of ether oxygens (including phenoxy) is 1. The van der Waals surface area contributed by atoms with Gasteiger partial charge in [-0.1, -0.05) is 33.1 Å². The van der Waals surface area contributed by atoms with Gasteiger partial charge in [-0.25, -0.2) is 13.2 Å². The number of sulfonamides is 1. The van der Waals surface area contributed by atoms with E-state index in [-0.39, 0.29) is 12.5 Å². The fourth-order valence-electron chi connectivity index (χ4n) is 3.50.